The largest absolute Gasteiger partial charge is 0.495 e. The summed E-state index contributed by atoms with van der Waals surface area (Å²) in [6.45, 7) is 5.07. The highest BCUT2D eigenvalue weighted by Gasteiger charge is 2.28. The van der Waals surface area contributed by atoms with Crippen LogP contribution in [0.15, 0.2) is 66.1 Å². The molecular weight excluding hydrogens is 406 g/mol. The van der Waals surface area contributed by atoms with Gasteiger partial charge in [0.1, 0.15) is 16.7 Å². The minimum absolute atomic E-state index is 0.0848. The first kappa shape index (κ1) is 23.1. The lowest BCUT2D eigenvalue weighted by atomic mass is 10.1. The summed E-state index contributed by atoms with van der Waals surface area (Å²) in [6, 6.07) is 12.2. The third kappa shape index (κ3) is 6.43. The van der Waals surface area contributed by atoms with Crippen molar-refractivity contribution in [2.45, 2.75) is 24.3 Å². The van der Waals surface area contributed by atoms with Crippen LogP contribution in [0.3, 0.4) is 0 Å². The molecule has 0 aliphatic heterocycles. The Hall–Kier alpha value is -3.17. The predicted octanol–water partition coefficient (Wildman–Crippen LogP) is 1.85. The van der Waals surface area contributed by atoms with Gasteiger partial charge in [-0.1, -0.05) is 36.4 Å². The summed E-state index contributed by atoms with van der Waals surface area (Å²) in [6.07, 6.45) is 1.66. The number of rotatable bonds is 10. The maximum atomic E-state index is 13.1. The van der Waals surface area contributed by atoms with Gasteiger partial charge in [0.25, 0.3) is 0 Å². The number of carbonyl (C=O) groups is 2. The van der Waals surface area contributed by atoms with Crippen molar-refractivity contribution in [3.63, 3.8) is 0 Å². The van der Waals surface area contributed by atoms with Gasteiger partial charge in [-0.25, -0.2) is 8.42 Å². The molecule has 0 heterocycles. The van der Waals surface area contributed by atoms with Crippen LogP contribution in [-0.2, 0) is 26.0 Å². The Morgan fingerprint density at radius 2 is 1.87 bits per heavy atom. The number of carbonyl (C=O) groups excluding carboxylic acids is 2. The molecular formula is C21H25N3O5S. The maximum Gasteiger partial charge on any atom is 0.245 e. The van der Waals surface area contributed by atoms with Crippen LogP contribution in [0.4, 0.5) is 5.69 Å². The van der Waals surface area contributed by atoms with E-state index in [1.165, 1.54) is 38.3 Å². The number of ether oxygens (including phenoxy) is 1. The fourth-order valence-electron chi connectivity index (χ4n) is 2.75. The standard InChI is InChI=1S/C21H25N3O5S/c1-4-12-22-21(26)18(13-16-8-6-5-7-9-16)24-30(27,28)20-14-17(23-15(2)25)10-11-19(20)29-3/h4-11,14,18,24H,1,12-13H2,2-3H3,(H,22,26)(H,23,25)/t18-/m1/s1. The van der Waals surface area contributed by atoms with Crippen LogP contribution in [0.5, 0.6) is 5.75 Å². The molecule has 30 heavy (non-hydrogen) atoms. The van der Waals surface area contributed by atoms with Crippen molar-refractivity contribution in [1.29, 1.82) is 0 Å². The third-order valence-electron chi connectivity index (χ3n) is 4.09. The molecule has 2 rings (SSSR count). The van der Waals surface area contributed by atoms with Gasteiger partial charge in [-0.3, -0.25) is 9.59 Å². The van der Waals surface area contributed by atoms with Crippen molar-refractivity contribution in [1.82, 2.24) is 10.0 Å². The van der Waals surface area contributed by atoms with Crippen LogP contribution in [0.25, 0.3) is 0 Å². The SMILES string of the molecule is C=CCNC(=O)[C@@H](Cc1ccccc1)NS(=O)(=O)c1cc(NC(C)=O)ccc1OC. The van der Waals surface area contributed by atoms with Gasteiger partial charge in [0, 0.05) is 19.2 Å². The number of hydrogen-bond donors (Lipinski definition) is 3. The molecule has 0 aliphatic carbocycles. The highest BCUT2D eigenvalue weighted by Crippen LogP contribution is 2.27. The quantitative estimate of drug-likeness (QED) is 0.497. The lowest BCUT2D eigenvalue weighted by Crippen LogP contribution is -2.48. The van der Waals surface area contributed by atoms with E-state index in [9.17, 15) is 18.0 Å². The van der Waals surface area contributed by atoms with Crippen molar-refractivity contribution in [3.8, 4) is 5.75 Å². The summed E-state index contributed by atoms with van der Waals surface area (Å²) in [5.41, 5.74) is 1.08. The first-order valence-electron chi connectivity index (χ1n) is 9.17. The predicted molar refractivity (Wildman–Crippen MR) is 115 cm³/mol. The van der Waals surface area contributed by atoms with E-state index in [-0.39, 0.29) is 29.5 Å². The zero-order chi connectivity index (χ0) is 22.1. The van der Waals surface area contributed by atoms with Crippen molar-refractivity contribution >= 4 is 27.5 Å². The summed E-state index contributed by atoms with van der Waals surface area (Å²) in [4.78, 5) is 23.8. The van der Waals surface area contributed by atoms with E-state index in [0.29, 0.717) is 5.69 Å². The zero-order valence-electron chi connectivity index (χ0n) is 16.8. The van der Waals surface area contributed by atoms with Gasteiger partial charge in [0.05, 0.1) is 7.11 Å². The topological polar surface area (TPSA) is 114 Å². The molecule has 0 aromatic heterocycles. The summed E-state index contributed by atoms with van der Waals surface area (Å²) in [7, 11) is -2.83. The van der Waals surface area contributed by atoms with Crippen LogP contribution in [0.1, 0.15) is 12.5 Å². The smallest absolute Gasteiger partial charge is 0.245 e. The first-order valence-corrected chi connectivity index (χ1v) is 10.7. The van der Waals surface area contributed by atoms with Crippen LogP contribution in [0.2, 0.25) is 0 Å². The van der Waals surface area contributed by atoms with Gasteiger partial charge in [-0.15, -0.1) is 6.58 Å². The van der Waals surface area contributed by atoms with Crippen molar-refractivity contribution in [2.75, 3.05) is 19.0 Å². The van der Waals surface area contributed by atoms with E-state index in [1.54, 1.807) is 12.1 Å². The fraction of sp³-hybridized carbons (Fsp3) is 0.238. The number of sulfonamides is 1. The van der Waals surface area contributed by atoms with Crippen molar-refractivity contribution in [3.05, 3.63) is 66.7 Å². The Morgan fingerprint density at radius 3 is 2.47 bits per heavy atom. The van der Waals surface area contributed by atoms with Gasteiger partial charge < -0.3 is 15.4 Å². The number of methoxy groups -OCH3 is 1. The van der Waals surface area contributed by atoms with Gasteiger partial charge >= 0.3 is 0 Å². The fourth-order valence-corrected chi connectivity index (χ4v) is 4.14. The number of amides is 2. The van der Waals surface area contributed by atoms with Crippen LogP contribution >= 0.6 is 0 Å². The highest BCUT2D eigenvalue weighted by molar-refractivity contribution is 7.89. The summed E-state index contributed by atoms with van der Waals surface area (Å²) in [5.74, 6) is -0.747. The van der Waals surface area contributed by atoms with E-state index in [4.69, 9.17) is 4.74 Å². The van der Waals surface area contributed by atoms with Crippen molar-refractivity contribution < 1.29 is 22.7 Å². The minimum atomic E-state index is -4.16. The monoisotopic (exact) mass is 431 g/mol. The third-order valence-corrected chi connectivity index (χ3v) is 5.58. The molecule has 160 valence electrons. The molecule has 0 radical (unpaired) electrons. The molecule has 2 aromatic rings. The molecule has 1 atom stereocenters. The lowest BCUT2D eigenvalue weighted by molar-refractivity contribution is -0.122. The minimum Gasteiger partial charge on any atom is -0.495 e. The van der Waals surface area contributed by atoms with E-state index in [1.807, 2.05) is 18.2 Å². The molecule has 0 bridgehead atoms. The Kier molecular flexibility index (Phi) is 8.14. The lowest BCUT2D eigenvalue weighted by Gasteiger charge is -2.20. The van der Waals surface area contributed by atoms with Gasteiger partial charge in [-0.05, 0) is 30.2 Å². The summed E-state index contributed by atoms with van der Waals surface area (Å²) < 4.78 is 33.9. The number of benzene rings is 2. The second-order valence-electron chi connectivity index (χ2n) is 6.44. The van der Waals surface area contributed by atoms with E-state index in [0.717, 1.165) is 5.56 Å². The van der Waals surface area contributed by atoms with Gasteiger partial charge in [0.2, 0.25) is 21.8 Å². The first-order chi connectivity index (χ1) is 14.3. The Morgan fingerprint density at radius 1 is 1.17 bits per heavy atom. The Labute approximate surface area is 176 Å². The molecule has 0 aliphatic rings. The Bertz CT molecular complexity index is 1010. The number of anilines is 1. The molecule has 0 unspecified atom stereocenters. The molecule has 2 aromatic carbocycles. The van der Waals surface area contributed by atoms with E-state index >= 15 is 0 Å². The maximum absolute atomic E-state index is 13.1. The molecule has 9 heteroatoms. The van der Waals surface area contributed by atoms with Gasteiger partial charge in [-0.2, -0.15) is 4.72 Å². The summed E-state index contributed by atoms with van der Waals surface area (Å²) >= 11 is 0. The second-order valence-corrected chi connectivity index (χ2v) is 8.13. The number of hydrogen-bond acceptors (Lipinski definition) is 5. The zero-order valence-corrected chi connectivity index (χ0v) is 17.7. The molecule has 0 fully saturated rings. The van der Waals surface area contributed by atoms with Crippen LogP contribution < -0.4 is 20.1 Å². The summed E-state index contributed by atoms with van der Waals surface area (Å²) in [5, 5.41) is 5.16. The molecule has 8 nitrogen and oxygen atoms in total. The average Bonchev–Trinajstić information content (AvgIpc) is 2.71. The van der Waals surface area contributed by atoms with E-state index < -0.39 is 22.0 Å². The highest BCUT2D eigenvalue weighted by atomic mass is 32.2. The molecule has 0 saturated carbocycles. The van der Waals surface area contributed by atoms with Gasteiger partial charge in [0.15, 0.2) is 0 Å². The van der Waals surface area contributed by atoms with Crippen LogP contribution in [0, 0.1) is 0 Å². The molecule has 2 amide bonds. The van der Waals surface area contributed by atoms with Crippen molar-refractivity contribution in [2.24, 2.45) is 0 Å². The normalized spacial score (nSPS) is 11.9. The van der Waals surface area contributed by atoms with Crippen LogP contribution in [-0.4, -0.2) is 39.9 Å². The van der Waals surface area contributed by atoms with E-state index in [2.05, 4.69) is 21.9 Å². The average molecular weight is 432 g/mol. The molecule has 0 saturated heterocycles. The number of nitrogens with one attached hydrogen (secondary N) is 3. The molecule has 0 spiro atoms. The molecule has 3 N–H and O–H groups in total. The Balaban J connectivity index is 2.38. The second kappa shape index (κ2) is 10.6.